The van der Waals surface area contributed by atoms with E-state index in [1.165, 1.54) is 0 Å². The molecule has 1 amide bonds. The molecule has 7 nitrogen and oxygen atoms in total. The number of amides is 1. The Balaban J connectivity index is 1.61. The molecule has 0 aliphatic carbocycles. The predicted molar refractivity (Wildman–Crippen MR) is 107 cm³/mol. The molecule has 2 aromatic rings. The number of ether oxygens (including phenoxy) is 1. The van der Waals surface area contributed by atoms with Gasteiger partial charge in [-0.15, -0.1) is 0 Å². The molecule has 1 aliphatic rings. The van der Waals surface area contributed by atoms with E-state index in [-0.39, 0.29) is 23.5 Å². The van der Waals surface area contributed by atoms with Crippen molar-refractivity contribution in [2.75, 3.05) is 31.8 Å². The van der Waals surface area contributed by atoms with E-state index in [0.29, 0.717) is 38.8 Å². The number of nitrogens with zero attached hydrogens (tertiary/aromatic N) is 3. The summed E-state index contributed by atoms with van der Waals surface area (Å²) in [6, 6.07) is 9.58. The quantitative estimate of drug-likeness (QED) is 0.595. The lowest BCUT2D eigenvalue weighted by Gasteiger charge is -2.28. The SMILES string of the molecule is COCCCN(C(=O)CCc1cnn(-c2ccccc2)c1)C1CCS(=O)(=O)C1. The number of aromatic nitrogens is 2. The molecule has 0 bridgehead atoms. The molecule has 0 N–H and O–H groups in total. The maximum Gasteiger partial charge on any atom is 0.223 e. The largest absolute Gasteiger partial charge is 0.385 e. The van der Waals surface area contributed by atoms with Crippen molar-refractivity contribution in [3.63, 3.8) is 0 Å². The van der Waals surface area contributed by atoms with E-state index in [0.717, 1.165) is 11.3 Å². The minimum Gasteiger partial charge on any atom is -0.385 e. The topological polar surface area (TPSA) is 81.5 Å². The van der Waals surface area contributed by atoms with Gasteiger partial charge in [0.2, 0.25) is 5.91 Å². The second-order valence-electron chi connectivity index (χ2n) is 7.12. The van der Waals surface area contributed by atoms with Crippen molar-refractivity contribution < 1.29 is 17.9 Å². The van der Waals surface area contributed by atoms with Crippen LogP contribution >= 0.6 is 0 Å². The molecule has 152 valence electrons. The summed E-state index contributed by atoms with van der Waals surface area (Å²) < 4.78 is 30.6. The molecular weight excluding hydrogens is 378 g/mol. The summed E-state index contributed by atoms with van der Waals surface area (Å²) in [6.07, 6.45) is 5.83. The summed E-state index contributed by atoms with van der Waals surface area (Å²) >= 11 is 0. The number of methoxy groups -OCH3 is 1. The summed E-state index contributed by atoms with van der Waals surface area (Å²) in [5.41, 5.74) is 1.95. The first kappa shape index (κ1) is 20.5. The van der Waals surface area contributed by atoms with Crippen molar-refractivity contribution in [1.29, 1.82) is 0 Å². The average Bonchev–Trinajstić information content (AvgIpc) is 3.30. The highest BCUT2D eigenvalue weighted by atomic mass is 32.2. The van der Waals surface area contributed by atoms with E-state index in [1.807, 2.05) is 36.5 Å². The molecule has 1 aliphatic heterocycles. The molecule has 1 unspecified atom stereocenters. The Hall–Kier alpha value is -2.19. The summed E-state index contributed by atoms with van der Waals surface area (Å²) in [6.45, 7) is 1.07. The Bertz CT molecular complexity index is 880. The van der Waals surface area contributed by atoms with Crippen LogP contribution in [0.25, 0.3) is 5.69 Å². The van der Waals surface area contributed by atoms with Gasteiger partial charge in [-0.3, -0.25) is 4.79 Å². The van der Waals surface area contributed by atoms with Crippen LogP contribution in [0.15, 0.2) is 42.7 Å². The number of sulfone groups is 1. The van der Waals surface area contributed by atoms with Gasteiger partial charge >= 0.3 is 0 Å². The number of carbonyl (C=O) groups is 1. The van der Waals surface area contributed by atoms with Crippen LogP contribution in [0.4, 0.5) is 0 Å². The van der Waals surface area contributed by atoms with E-state index in [1.54, 1.807) is 22.9 Å². The molecule has 3 rings (SSSR count). The number of benzene rings is 1. The van der Waals surface area contributed by atoms with Crippen LogP contribution < -0.4 is 0 Å². The molecule has 1 atom stereocenters. The Morgan fingerprint density at radius 2 is 2.11 bits per heavy atom. The van der Waals surface area contributed by atoms with E-state index in [4.69, 9.17) is 4.74 Å². The van der Waals surface area contributed by atoms with Gasteiger partial charge in [0.15, 0.2) is 9.84 Å². The van der Waals surface area contributed by atoms with Gasteiger partial charge in [0, 0.05) is 38.9 Å². The van der Waals surface area contributed by atoms with Crippen LogP contribution in [-0.4, -0.2) is 66.8 Å². The van der Waals surface area contributed by atoms with Gasteiger partial charge in [0.1, 0.15) is 0 Å². The van der Waals surface area contributed by atoms with Gasteiger partial charge < -0.3 is 9.64 Å². The maximum atomic E-state index is 12.8. The van der Waals surface area contributed by atoms with E-state index < -0.39 is 9.84 Å². The number of aryl methyl sites for hydroxylation is 1. The molecule has 0 spiro atoms. The van der Waals surface area contributed by atoms with Crippen LogP contribution in [0.2, 0.25) is 0 Å². The van der Waals surface area contributed by atoms with Crippen molar-refractivity contribution in [2.24, 2.45) is 0 Å². The highest BCUT2D eigenvalue weighted by molar-refractivity contribution is 7.91. The van der Waals surface area contributed by atoms with E-state index in [2.05, 4.69) is 5.10 Å². The maximum absolute atomic E-state index is 12.8. The second-order valence-corrected chi connectivity index (χ2v) is 9.35. The van der Waals surface area contributed by atoms with Crippen LogP contribution in [0.5, 0.6) is 0 Å². The predicted octanol–water partition coefficient (Wildman–Crippen LogP) is 1.86. The Morgan fingerprint density at radius 3 is 2.79 bits per heavy atom. The van der Waals surface area contributed by atoms with Gasteiger partial charge in [0.25, 0.3) is 0 Å². The van der Waals surface area contributed by atoms with Crippen molar-refractivity contribution in [1.82, 2.24) is 14.7 Å². The van der Waals surface area contributed by atoms with E-state index >= 15 is 0 Å². The van der Waals surface area contributed by atoms with Crippen molar-refractivity contribution in [2.45, 2.75) is 31.7 Å². The smallest absolute Gasteiger partial charge is 0.223 e. The zero-order chi connectivity index (χ0) is 20.0. The monoisotopic (exact) mass is 405 g/mol. The lowest BCUT2D eigenvalue weighted by molar-refractivity contribution is -0.133. The first-order valence-corrected chi connectivity index (χ1v) is 11.4. The Morgan fingerprint density at radius 1 is 1.32 bits per heavy atom. The van der Waals surface area contributed by atoms with Gasteiger partial charge in [-0.2, -0.15) is 5.10 Å². The van der Waals surface area contributed by atoms with Crippen LogP contribution in [-0.2, 0) is 25.8 Å². The van der Waals surface area contributed by atoms with Gasteiger partial charge in [0.05, 0.1) is 23.4 Å². The van der Waals surface area contributed by atoms with Crippen LogP contribution in [0, 0.1) is 0 Å². The number of para-hydroxylation sites is 1. The third kappa shape index (κ3) is 5.42. The standard InChI is InChI=1S/C20H27N3O4S/c1-27-12-5-11-22(19-10-13-28(25,26)16-19)20(24)9-8-17-14-21-23(15-17)18-6-3-2-4-7-18/h2-4,6-7,14-15,19H,5,8-13,16H2,1H3. The van der Waals surface area contributed by atoms with Gasteiger partial charge in [-0.05, 0) is 37.0 Å². The highest BCUT2D eigenvalue weighted by Crippen LogP contribution is 2.20. The molecule has 2 heterocycles. The van der Waals surface area contributed by atoms with Crippen molar-refractivity contribution >= 4 is 15.7 Å². The fourth-order valence-corrected chi connectivity index (χ4v) is 5.25. The zero-order valence-corrected chi connectivity index (χ0v) is 17.0. The van der Waals surface area contributed by atoms with Crippen molar-refractivity contribution in [3.8, 4) is 5.69 Å². The molecule has 1 aromatic carbocycles. The molecule has 1 fully saturated rings. The highest BCUT2D eigenvalue weighted by Gasteiger charge is 2.34. The molecule has 1 saturated heterocycles. The first-order chi connectivity index (χ1) is 13.5. The zero-order valence-electron chi connectivity index (χ0n) is 16.2. The Labute approximate surface area is 166 Å². The first-order valence-electron chi connectivity index (χ1n) is 9.56. The third-order valence-electron chi connectivity index (χ3n) is 5.00. The van der Waals surface area contributed by atoms with Crippen molar-refractivity contribution in [3.05, 3.63) is 48.3 Å². The normalized spacial score (nSPS) is 18.2. The number of hydrogen-bond donors (Lipinski definition) is 0. The van der Waals surface area contributed by atoms with Gasteiger partial charge in [-0.1, -0.05) is 18.2 Å². The lowest BCUT2D eigenvalue weighted by atomic mass is 10.1. The fraction of sp³-hybridized carbons (Fsp3) is 0.500. The number of rotatable bonds is 9. The number of carbonyl (C=O) groups excluding carboxylic acids is 1. The summed E-state index contributed by atoms with van der Waals surface area (Å²) in [5, 5.41) is 4.36. The molecule has 1 aromatic heterocycles. The summed E-state index contributed by atoms with van der Waals surface area (Å²) in [4.78, 5) is 14.6. The lowest BCUT2D eigenvalue weighted by Crippen LogP contribution is -2.42. The summed E-state index contributed by atoms with van der Waals surface area (Å²) in [7, 11) is -1.42. The second kappa shape index (κ2) is 9.34. The molecule has 0 radical (unpaired) electrons. The minimum absolute atomic E-state index is 0.00864. The minimum atomic E-state index is -3.04. The van der Waals surface area contributed by atoms with Crippen LogP contribution in [0.1, 0.15) is 24.8 Å². The van der Waals surface area contributed by atoms with E-state index in [9.17, 15) is 13.2 Å². The third-order valence-corrected chi connectivity index (χ3v) is 6.75. The average molecular weight is 406 g/mol. The summed E-state index contributed by atoms with van der Waals surface area (Å²) in [5.74, 6) is 0.221. The molecule has 0 saturated carbocycles. The van der Waals surface area contributed by atoms with Gasteiger partial charge in [-0.25, -0.2) is 13.1 Å². The number of hydrogen-bond acceptors (Lipinski definition) is 5. The fourth-order valence-electron chi connectivity index (χ4n) is 3.52. The molecule has 28 heavy (non-hydrogen) atoms. The Kier molecular flexibility index (Phi) is 6.85. The molecule has 8 heteroatoms. The van der Waals surface area contributed by atoms with Crippen LogP contribution in [0.3, 0.4) is 0 Å². The molecular formula is C20H27N3O4S.